The predicted octanol–water partition coefficient (Wildman–Crippen LogP) is 0.924. The number of amides is 1. The lowest BCUT2D eigenvalue weighted by atomic mass is 10.3. The normalized spacial score (nSPS) is 9.64. The summed E-state index contributed by atoms with van der Waals surface area (Å²) in [5, 5.41) is 0. The maximum atomic E-state index is 12.7. The topological polar surface area (TPSA) is 56.0 Å². The van der Waals surface area contributed by atoms with Crippen LogP contribution in [0.2, 0.25) is 0 Å². The molecule has 1 aromatic heterocycles. The fraction of sp³-hybridized carbons (Fsp3) is 0. The van der Waals surface area contributed by atoms with Crippen molar-refractivity contribution < 1.29 is 9.18 Å². The van der Waals surface area contributed by atoms with Gasteiger partial charge in [0.05, 0.1) is 0 Å². The van der Waals surface area contributed by atoms with Gasteiger partial charge in [0.1, 0.15) is 5.56 Å². The lowest BCUT2D eigenvalue weighted by Gasteiger charge is -1.98. The summed E-state index contributed by atoms with van der Waals surface area (Å²) in [6, 6.07) is 1.52. The first-order chi connectivity index (χ1) is 5.13. The summed E-state index contributed by atoms with van der Waals surface area (Å²) in [4.78, 5) is 13.9. The van der Waals surface area contributed by atoms with Gasteiger partial charge >= 0.3 is 0 Å². The fourth-order valence-corrected chi connectivity index (χ4v) is 1.28. The predicted molar refractivity (Wildman–Crippen MR) is 45.4 cm³/mol. The Morgan fingerprint density at radius 1 is 1.73 bits per heavy atom. The highest BCUT2D eigenvalue weighted by Crippen LogP contribution is 2.12. The van der Waals surface area contributed by atoms with E-state index in [2.05, 4.69) is 4.98 Å². The third-order valence-electron chi connectivity index (χ3n) is 1.10. The molecule has 1 rings (SSSR count). The van der Waals surface area contributed by atoms with Crippen LogP contribution in [0.5, 0.6) is 0 Å². The van der Waals surface area contributed by atoms with Crippen molar-refractivity contribution in [3.8, 4) is 0 Å². The van der Waals surface area contributed by atoms with Gasteiger partial charge in [-0.05, 0) is 28.7 Å². The van der Waals surface area contributed by atoms with Gasteiger partial charge in [0.25, 0.3) is 5.91 Å². The third kappa shape index (κ3) is 1.65. The zero-order valence-corrected chi connectivity index (χ0v) is 7.50. The Hall–Kier alpha value is -0.720. The monoisotopic (exact) mass is 266 g/mol. The molecule has 0 radical (unpaired) electrons. The number of carbonyl (C=O) groups excluding carboxylic acids is 1. The summed E-state index contributed by atoms with van der Waals surface area (Å²) in [6.07, 6.45) is 1.28. The first-order valence-corrected chi connectivity index (χ1v) is 3.80. The molecule has 0 atom stereocenters. The first kappa shape index (κ1) is 8.38. The molecule has 11 heavy (non-hydrogen) atoms. The molecule has 0 saturated carbocycles. The number of hydrogen-bond acceptors (Lipinski definition) is 2. The van der Waals surface area contributed by atoms with Gasteiger partial charge in [-0.3, -0.25) is 4.79 Å². The summed E-state index contributed by atoms with van der Waals surface area (Å²) >= 11 is 1.82. The molecule has 1 amide bonds. The molecule has 0 aliphatic carbocycles. The molecule has 2 N–H and O–H groups in total. The van der Waals surface area contributed by atoms with Crippen LogP contribution in [-0.2, 0) is 0 Å². The van der Waals surface area contributed by atoms with Gasteiger partial charge in [-0.25, -0.2) is 4.98 Å². The Morgan fingerprint density at radius 2 is 2.36 bits per heavy atom. The molecule has 58 valence electrons. The summed E-state index contributed by atoms with van der Waals surface area (Å²) < 4.78 is 13.2. The number of nitrogens with zero attached hydrogens (tertiary/aromatic N) is 1. The summed E-state index contributed by atoms with van der Waals surface area (Å²) in [7, 11) is 0. The van der Waals surface area contributed by atoms with Gasteiger partial charge in [-0.1, -0.05) is 0 Å². The van der Waals surface area contributed by atoms with E-state index in [9.17, 15) is 9.18 Å². The number of aromatic nitrogens is 1. The van der Waals surface area contributed by atoms with E-state index in [1.165, 1.54) is 12.3 Å². The first-order valence-electron chi connectivity index (χ1n) is 2.72. The standard InChI is InChI=1S/C6H4FIN2O/c7-5-4(6(9)11)3(8)1-2-10-5/h1-2H,(H2,9,11). The average molecular weight is 266 g/mol. The molecule has 0 unspecified atom stereocenters. The quantitative estimate of drug-likeness (QED) is 0.607. The number of hydrogen-bond donors (Lipinski definition) is 1. The van der Waals surface area contributed by atoms with Crippen LogP contribution in [0.4, 0.5) is 4.39 Å². The van der Waals surface area contributed by atoms with Crippen LogP contribution in [0.25, 0.3) is 0 Å². The smallest absolute Gasteiger partial charge is 0.254 e. The van der Waals surface area contributed by atoms with Crippen LogP contribution in [0.1, 0.15) is 10.4 Å². The van der Waals surface area contributed by atoms with Gasteiger partial charge in [0.15, 0.2) is 0 Å². The molecular formula is C6H4FIN2O. The number of rotatable bonds is 1. The molecule has 0 aromatic carbocycles. The van der Waals surface area contributed by atoms with E-state index in [1.807, 2.05) is 22.6 Å². The molecular weight excluding hydrogens is 262 g/mol. The second kappa shape index (κ2) is 3.12. The minimum Gasteiger partial charge on any atom is -0.365 e. The minimum absolute atomic E-state index is 0.145. The zero-order chi connectivity index (χ0) is 8.43. The van der Waals surface area contributed by atoms with Crippen molar-refractivity contribution in [1.29, 1.82) is 0 Å². The second-order valence-electron chi connectivity index (χ2n) is 1.82. The lowest BCUT2D eigenvalue weighted by Crippen LogP contribution is -2.15. The molecule has 0 aliphatic rings. The molecule has 1 aromatic rings. The Kier molecular flexibility index (Phi) is 2.38. The molecule has 0 aliphatic heterocycles. The number of pyridine rings is 1. The van der Waals surface area contributed by atoms with E-state index < -0.39 is 11.9 Å². The van der Waals surface area contributed by atoms with Crippen LogP contribution in [0.3, 0.4) is 0 Å². The van der Waals surface area contributed by atoms with Crippen molar-refractivity contribution in [2.45, 2.75) is 0 Å². The van der Waals surface area contributed by atoms with E-state index in [-0.39, 0.29) is 5.56 Å². The van der Waals surface area contributed by atoms with Gasteiger partial charge in [-0.2, -0.15) is 4.39 Å². The molecule has 5 heteroatoms. The number of carbonyl (C=O) groups is 1. The highest BCUT2D eigenvalue weighted by atomic mass is 127. The van der Waals surface area contributed by atoms with E-state index in [0.717, 1.165) is 0 Å². The van der Waals surface area contributed by atoms with Crippen molar-refractivity contribution in [3.63, 3.8) is 0 Å². The fourth-order valence-electron chi connectivity index (χ4n) is 0.634. The van der Waals surface area contributed by atoms with Crippen molar-refractivity contribution in [1.82, 2.24) is 4.98 Å². The van der Waals surface area contributed by atoms with Crippen LogP contribution >= 0.6 is 22.6 Å². The molecule has 1 heterocycles. The highest BCUT2D eigenvalue weighted by molar-refractivity contribution is 14.1. The molecule has 0 spiro atoms. The van der Waals surface area contributed by atoms with Gasteiger partial charge in [-0.15, -0.1) is 0 Å². The molecule has 3 nitrogen and oxygen atoms in total. The van der Waals surface area contributed by atoms with Crippen molar-refractivity contribution in [2.24, 2.45) is 5.73 Å². The Morgan fingerprint density at radius 3 is 2.73 bits per heavy atom. The van der Waals surface area contributed by atoms with Crippen LogP contribution < -0.4 is 5.73 Å². The van der Waals surface area contributed by atoms with E-state index in [4.69, 9.17) is 5.73 Å². The van der Waals surface area contributed by atoms with E-state index >= 15 is 0 Å². The van der Waals surface area contributed by atoms with E-state index in [0.29, 0.717) is 3.57 Å². The SMILES string of the molecule is NC(=O)c1c(I)ccnc1F. The van der Waals surface area contributed by atoms with Gasteiger partial charge < -0.3 is 5.73 Å². The minimum atomic E-state index is -0.815. The van der Waals surface area contributed by atoms with Crippen LogP contribution in [0, 0.1) is 9.52 Å². The number of halogens is 2. The summed E-state index contributed by atoms with van der Waals surface area (Å²) in [5.41, 5.74) is 4.75. The van der Waals surface area contributed by atoms with Crippen LogP contribution in [-0.4, -0.2) is 10.9 Å². The molecule has 0 bridgehead atoms. The third-order valence-corrected chi connectivity index (χ3v) is 2.00. The average Bonchev–Trinajstić information content (AvgIpc) is 1.85. The molecule has 0 saturated heterocycles. The van der Waals surface area contributed by atoms with Gasteiger partial charge in [0.2, 0.25) is 5.95 Å². The number of primary amides is 1. The molecule has 0 fully saturated rings. The summed E-state index contributed by atoms with van der Waals surface area (Å²) in [5.74, 6) is -1.61. The van der Waals surface area contributed by atoms with Crippen molar-refractivity contribution in [2.75, 3.05) is 0 Å². The van der Waals surface area contributed by atoms with Gasteiger partial charge in [0, 0.05) is 9.77 Å². The van der Waals surface area contributed by atoms with Crippen molar-refractivity contribution >= 4 is 28.5 Å². The summed E-state index contributed by atoms with van der Waals surface area (Å²) in [6.45, 7) is 0. The Labute approximate surface area is 75.9 Å². The highest BCUT2D eigenvalue weighted by Gasteiger charge is 2.12. The number of nitrogens with two attached hydrogens (primary N) is 1. The Balaban J connectivity index is 3.32. The lowest BCUT2D eigenvalue weighted by molar-refractivity contribution is 0.0994. The second-order valence-corrected chi connectivity index (χ2v) is 2.99. The Bertz CT molecular complexity index is 282. The van der Waals surface area contributed by atoms with E-state index in [1.54, 1.807) is 0 Å². The van der Waals surface area contributed by atoms with Crippen molar-refractivity contribution in [3.05, 3.63) is 27.3 Å². The maximum Gasteiger partial charge on any atom is 0.254 e. The maximum absolute atomic E-state index is 12.7. The largest absolute Gasteiger partial charge is 0.365 e. The zero-order valence-electron chi connectivity index (χ0n) is 5.34. The van der Waals surface area contributed by atoms with Crippen LogP contribution in [0.15, 0.2) is 12.3 Å².